The van der Waals surface area contributed by atoms with Gasteiger partial charge in [0.2, 0.25) is 0 Å². The van der Waals surface area contributed by atoms with E-state index in [1.54, 1.807) is 67.5 Å². The number of esters is 1. The molecule has 0 aromatic heterocycles. The Kier molecular flexibility index (Phi) is 9.04. The molecule has 4 aliphatic heterocycles. The van der Waals surface area contributed by atoms with Crippen LogP contribution in [0.5, 0.6) is 0 Å². The number of hydrogen-bond acceptors (Lipinski definition) is 17. The number of aliphatic hydroxyl groups is 7. The third-order valence-electron chi connectivity index (χ3n) is 20.6. The molecule has 17 heteroatoms. The van der Waals surface area contributed by atoms with Crippen LogP contribution in [0.15, 0.2) is 23.8 Å². The summed E-state index contributed by atoms with van der Waals surface area (Å²) in [6, 6.07) is 0. The number of ketones is 2. The smallest absolute Gasteiger partial charge is 0.309 e. The third-order valence-corrected chi connectivity index (χ3v) is 20.6. The molecule has 10 fully saturated rings. The van der Waals surface area contributed by atoms with Crippen molar-refractivity contribution in [1.29, 1.82) is 0 Å². The fraction of sp³-hybridized carbons (Fsp3) is 0.860. The maximum Gasteiger partial charge on any atom is 0.309 e. The molecule has 12 aliphatic rings. The first-order valence-electron chi connectivity index (χ1n) is 24.3. The predicted molar refractivity (Wildman–Crippen MR) is 230 cm³/mol. The Morgan fingerprint density at radius 2 is 1.22 bits per heavy atom. The van der Waals surface area contributed by atoms with Gasteiger partial charge < -0.3 is 68.9 Å². The highest BCUT2D eigenvalue weighted by atomic mass is 16.8. The third kappa shape index (κ3) is 4.95. The number of fused-ring (bicyclic) bond motifs is 14. The molecule has 0 radical (unpaired) electrons. The molecule has 67 heavy (non-hydrogen) atoms. The van der Waals surface area contributed by atoms with Gasteiger partial charge in [-0.3, -0.25) is 14.4 Å². The molecule has 0 aromatic carbocycles. The summed E-state index contributed by atoms with van der Waals surface area (Å²) in [4.78, 5) is 39.7. The normalized spacial score (nSPS) is 58.8. The van der Waals surface area contributed by atoms with E-state index in [1.165, 1.54) is 6.08 Å². The van der Waals surface area contributed by atoms with E-state index in [9.17, 15) is 50.1 Å². The quantitative estimate of drug-likeness (QED) is 0.154. The molecule has 372 valence electrons. The van der Waals surface area contributed by atoms with E-state index >= 15 is 0 Å². The molecule has 0 amide bonds. The number of rotatable bonds is 3. The van der Waals surface area contributed by atoms with E-state index in [-0.39, 0.29) is 25.1 Å². The van der Waals surface area contributed by atoms with Crippen molar-refractivity contribution in [2.75, 3.05) is 13.2 Å². The van der Waals surface area contributed by atoms with Crippen molar-refractivity contribution >= 4 is 17.5 Å². The molecule has 4 saturated heterocycles. The minimum atomic E-state index is -2.10. The zero-order valence-electron chi connectivity index (χ0n) is 40.7. The zero-order valence-corrected chi connectivity index (χ0v) is 40.7. The molecular formula is C50H70O17. The number of aliphatic hydroxyl groups excluding tert-OH is 2. The van der Waals surface area contributed by atoms with Crippen LogP contribution in [0.25, 0.3) is 0 Å². The highest BCUT2D eigenvalue weighted by molar-refractivity contribution is 6.05. The van der Waals surface area contributed by atoms with Crippen molar-refractivity contribution in [3.63, 3.8) is 0 Å². The van der Waals surface area contributed by atoms with Crippen LogP contribution >= 0.6 is 0 Å². The molecule has 1 unspecified atom stereocenters. The fourth-order valence-electron chi connectivity index (χ4n) is 16.5. The predicted octanol–water partition coefficient (Wildman–Crippen LogP) is 1.03. The van der Waals surface area contributed by atoms with Gasteiger partial charge in [-0.05, 0) is 52.7 Å². The summed E-state index contributed by atoms with van der Waals surface area (Å²) in [6.07, 6.45) is -0.691. The topological polar surface area (TPSA) is 264 Å². The molecule has 2 spiro atoms. The average molecular weight is 943 g/mol. The lowest BCUT2D eigenvalue weighted by molar-refractivity contribution is -0.329. The van der Waals surface area contributed by atoms with Gasteiger partial charge >= 0.3 is 5.97 Å². The lowest BCUT2D eigenvalue weighted by Crippen LogP contribution is -2.70. The largest absolute Gasteiger partial charge is 0.455 e. The van der Waals surface area contributed by atoms with Crippen LogP contribution in [-0.2, 0) is 47.5 Å². The minimum absolute atomic E-state index is 0.0773. The van der Waals surface area contributed by atoms with Crippen LogP contribution in [-0.4, -0.2) is 160 Å². The molecule has 7 N–H and O–H groups in total. The van der Waals surface area contributed by atoms with Crippen molar-refractivity contribution in [3.8, 4) is 0 Å². The van der Waals surface area contributed by atoms with Crippen molar-refractivity contribution in [2.45, 2.75) is 189 Å². The van der Waals surface area contributed by atoms with Gasteiger partial charge in [0, 0.05) is 58.2 Å². The van der Waals surface area contributed by atoms with Gasteiger partial charge in [-0.25, -0.2) is 0 Å². The standard InChI is InChI=1S/C27H38O9.C23H32O8/c1-8-12(2)20(30)35-27-17(22(27,4)5)16-19-24(34-19)11-33-23(6,7)36-21(24)26(32)14(9-10-15(26)28)25(16,31)13(3)18(27)29;1-9-7-11-21(26)10(2)15(25)23(28)13(18(23,3)4)12(21)16-20(30-16)8-29-19(5,6)31-17(20)22(11,27)14(9)24/h9-10,12-14,16-19,21,29,31-32H,8,11H2,1-7H3;7,10-13,15-17,25-28H,8H2,1-6H3/t12?,13-,14+,16-,17-,18-,19+,21-,24+,25+,26-,27-;10-,11+,12-,13-,15-,16+,17-,20+,21+,22-,23-/m11/s1. The molecule has 23 atom stereocenters. The number of carbonyl (C=O) groups is 3. The lowest BCUT2D eigenvalue weighted by Gasteiger charge is -2.54. The summed E-state index contributed by atoms with van der Waals surface area (Å²) in [6.45, 7) is 23.4. The first-order valence-corrected chi connectivity index (χ1v) is 24.3. The summed E-state index contributed by atoms with van der Waals surface area (Å²) in [5.74, 6) is -9.84. The second-order valence-corrected chi connectivity index (χ2v) is 24.9. The van der Waals surface area contributed by atoms with Crippen LogP contribution in [0.1, 0.15) is 96.4 Å². The number of hydrogen-bond donors (Lipinski definition) is 7. The molecule has 0 bridgehead atoms. The minimum Gasteiger partial charge on any atom is -0.455 e. The second kappa shape index (κ2) is 12.9. The Hall–Kier alpha value is -2.23. The van der Waals surface area contributed by atoms with E-state index < -0.39 is 163 Å². The molecule has 17 nitrogen and oxygen atoms in total. The van der Waals surface area contributed by atoms with E-state index in [2.05, 4.69) is 0 Å². The van der Waals surface area contributed by atoms with Crippen LogP contribution in [0.3, 0.4) is 0 Å². The van der Waals surface area contributed by atoms with Gasteiger partial charge in [0.25, 0.3) is 0 Å². The van der Waals surface area contributed by atoms with Crippen molar-refractivity contribution in [1.82, 2.24) is 0 Å². The maximum atomic E-state index is 13.4. The Labute approximate surface area is 390 Å². The Morgan fingerprint density at radius 3 is 1.76 bits per heavy atom. The first kappa shape index (κ1) is 47.1. The van der Waals surface area contributed by atoms with Crippen LogP contribution in [0.4, 0.5) is 0 Å². The Bertz CT molecular complexity index is 2320. The first-order chi connectivity index (χ1) is 30.7. The second-order valence-electron chi connectivity index (χ2n) is 24.9. The SMILES string of the molecule is CC1=C[C@@H]2[C@@](O)(C1=O)[C@@H]1OC(C)(C)OC[C@@]13O[C@H]3[C@H]1[C@@H]3C(C)(C)[C@]3(O)[C@H](O)[C@@H](C)[C@@]12O.CCC(C)C(=O)O[C@@]12[C@H](O)[C@@H](C)[C@@]3(O)[C@H]([C@@H]1C2(C)C)[C@@H]1O[C@@]12COC(C)(C)O[C@H]2[C@]1(O)C(=O)C=C[C@H]13. The van der Waals surface area contributed by atoms with E-state index in [4.69, 9.17) is 33.2 Å². The summed E-state index contributed by atoms with van der Waals surface area (Å²) >= 11 is 0. The van der Waals surface area contributed by atoms with Crippen LogP contribution in [0, 0.1) is 64.1 Å². The molecule has 8 aliphatic carbocycles. The van der Waals surface area contributed by atoms with Gasteiger partial charge in [0.05, 0.1) is 54.7 Å². The fourth-order valence-corrected chi connectivity index (χ4v) is 16.5. The van der Waals surface area contributed by atoms with Crippen molar-refractivity contribution < 1.29 is 83.3 Å². The summed E-state index contributed by atoms with van der Waals surface area (Å²) < 4.78 is 43.0. The van der Waals surface area contributed by atoms with Gasteiger partial charge in [0.1, 0.15) is 34.6 Å². The average Bonchev–Trinajstić information content (AvgIpc) is 4.22. The molecule has 6 saturated carbocycles. The molecule has 12 rings (SSSR count). The lowest BCUT2D eigenvalue weighted by atomic mass is 9.58. The van der Waals surface area contributed by atoms with Gasteiger partial charge in [0.15, 0.2) is 34.3 Å². The van der Waals surface area contributed by atoms with E-state index in [0.717, 1.165) is 0 Å². The van der Waals surface area contributed by atoms with Crippen LogP contribution in [0.2, 0.25) is 0 Å². The highest BCUT2D eigenvalue weighted by Crippen LogP contribution is 2.81. The number of ether oxygens (including phenoxy) is 7. The van der Waals surface area contributed by atoms with Crippen molar-refractivity contribution in [2.24, 2.45) is 64.1 Å². The van der Waals surface area contributed by atoms with Gasteiger partial charge in [-0.2, -0.15) is 0 Å². The maximum absolute atomic E-state index is 13.4. The molecule has 0 aromatic rings. The Balaban J connectivity index is 0.000000149. The van der Waals surface area contributed by atoms with E-state index in [0.29, 0.717) is 12.0 Å². The number of epoxide rings is 2. The van der Waals surface area contributed by atoms with Crippen molar-refractivity contribution in [3.05, 3.63) is 23.8 Å². The number of Topliss-reactive ketones (excluding diaryl/α,β-unsaturated/α-hetero) is 1. The molecule has 4 heterocycles. The van der Waals surface area contributed by atoms with Gasteiger partial charge in [-0.1, -0.05) is 67.5 Å². The van der Waals surface area contributed by atoms with Crippen LogP contribution < -0.4 is 0 Å². The Morgan fingerprint density at radius 1 is 0.731 bits per heavy atom. The zero-order chi connectivity index (χ0) is 49.2. The van der Waals surface area contributed by atoms with E-state index in [1.807, 2.05) is 34.6 Å². The summed E-state index contributed by atoms with van der Waals surface area (Å²) in [7, 11) is 0. The molecular weight excluding hydrogens is 873 g/mol. The summed E-state index contributed by atoms with van der Waals surface area (Å²) in [5.41, 5.74) is -13.5. The van der Waals surface area contributed by atoms with Gasteiger partial charge in [-0.15, -0.1) is 0 Å². The highest BCUT2D eigenvalue weighted by Gasteiger charge is 2.94. The monoisotopic (exact) mass is 942 g/mol. The summed E-state index contributed by atoms with van der Waals surface area (Å²) in [5, 5.41) is 83.6. The number of carbonyl (C=O) groups excluding carboxylic acids is 3.